The van der Waals surface area contributed by atoms with E-state index in [0.29, 0.717) is 6.42 Å². The Labute approximate surface area is 111 Å². The topological polar surface area (TPSA) is 95.9 Å². The van der Waals surface area contributed by atoms with E-state index in [1.54, 1.807) is 7.11 Å². The van der Waals surface area contributed by atoms with Crippen LogP contribution in [0.25, 0.3) is 0 Å². The number of aromatic carboxylic acids is 1. The molecule has 0 saturated carbocycles. The Balaban J connectivity index is 2.68. The molecule has 3 N–H and O–H groups in total. The van der Waals surface area contributed by atoms with Gasteiger partial charge in [0.25, 0.3) is 0 Å². The van der Waals surface area contributed by atoms with Gasteiger partial charge in [-0.25, -0.2) is 4.79 Å². The molecular weight excluding hydrogens is 250 g/mol. The molecule has 0 fully saturated rings. The number of carboxylic acids is 1. The van der Waals surface area contributed by atoms with Gasteiger partial charge in [-0.2, -0.15) is 0 Å². The minimum atomic E-state index is -1.12. The van der Waals surface area contributed by atoms with Gasteiger partial charge in [0.15, 0.2) is 0 Å². The zero-order chi connectivity index (χ0) is 14.4. The van der Waals surface area contributed by atoms with Gasteiger partial charge in [-0.15, -0.1) is 0 Å². The second-order valence-electron chi connectivity index (χ2n) is 4.17. The van der Waals surface area contributed by atoms with Crippen molar-refractivity contribution in [2.24, 2.45) is 0 Å². The van der Waals surface area contributed by atoms with E-state index in [4.69, 9.17) is 9.84 Å². The number of aromatic hydroxyl groups is 1. The van der Waals surface area contributed by atoms with Crippen molar-refractivity contribution in [2.45, 2.75) is 25.9 Å². The summed E-state index contributed by atoms with van der Waals surface area (Å²) in [6.07, 6.45) is 0.734. The predicted octanol–water partition coefficient (Wildman–Crippen LogP) is 1.84. The molecule has 0 saturated heterocycles. The first kappa shape index (κ1) is 15.0. The molecule has 6 nitrogen and oxygen atoms in total. The number of phenols is 1. The lowest BCUT2D eigenvalue weighted by atomic mass is 10.1. The van der Waals surface area contributed by atoms with E-state index in [0.717, 1.165) is 0 Å². The van der Waals surface area contributed by atoms with Crippen molar-refractivity contribution >= 4 is 17.6 Å². The van der Waals surface area contributed by atoms with E-state index in [2.05, 4.69) is 5.32 Å². The number of hydrogen-bond acceptors (Lipinski definition) is 4. The van der Waals surface area contributed by atoms with Gasteiger partial charge in [0, 0.05) is 13.5 Å². The van der Waals surface area contributed by atoms with Crippen LogP contribution in [0.5, 0.6) is 5.75 Å². The van der Waals surface area contributed by atoms with Crippen LogP contribution in [0.4, 0.5) is 5.69 Å². The summed E-state index contributed by atoms with van der Waals surface area (Å²) in [6.45, 7) is 1.84. The number of hydrogen-bond donors (Lipinski definition) is 3. The van der Waals surface area contributed by atoms with Crippen molar-refractivity contribution in [3.05, 3.63) is 23.8 Å². The Morgan fingerprint density at radius 1 is 1.42 bits per heavy atom. The number of ether oxygens (including phenoxy) is 1. The summed E-state index contributed by atoms with van der Waals surface area (Å²) >= 11 is 0. The molecule has 0 aliphatic carbocycles. The third-order valence-electron chi connectivity index (χ3n) is 2.70. The maximum atomic E-state index is 11.6. The number of methoxy groups -OCH3 is 1. The molecule has 1 rings (SSSR count). The van der Waals surface area contributed by atoms with Gasteiger partial charge in [-0.1, -0.05) is 0 Å². The van der Waals surface area contributed by atoms with Gasteiger partial charge in [0.05, 0.1) is 17.4 Å². The van der Waals surface area contributed by atoms with E-state index >= 15 is 0 Å². The molecule has 0 bridgehead atoms. The molecule has 0 spiro atoms. The van der Waals surface area contributed by atoms with E-state index in [-0.39, 0.29) is 35.4 Å². The Kier molecular flexibility index (Phi) is 5.32. The maximum absolute atomic E-state index is 11.6. The van der Waals surface area contributed by atoms with Crippen LogP contribution < -0.4 is 5.32 Å². The van der Waals surface area contributed by atoms with Crippen molar-refractivity contribution in [1.29, 1.82) is 0 Å². The summed E-state index contributed by atoms with van der Waals surface area (Å²) in [5.74, 6) is -1.59. The number of phenolic OH excluding ortho intramolecular Hbond substituents is 1. The van der Waals surface area contributed by atoms with Crippen molar-refractivity contribution in [2.75, 3.05) is 12.4 Å². The van der Waals surface area contributed by atoms with Gasteiger partial charge < -0.3 is 20.3 Å². The van der Waals surface area contributed by atoms with E-state index in [9.17, 15) is 14.7 Å². The van der Waals surface area contributed by atoms with Crippen LogP contribution in [0.1, 0.15) is 30.1 Å². The highest BCUT2D eigenvalue weighted by atomic mass is 16.5. The van der Waals surface area contributed by atoms with Gasteiger partial charge >= 0.3 is 5.97 Å². The first-order chi connectivity index (χ1) is 8.93. The SMILES string of the molecule is COC(C)CCC(=O)Nc1cc(C(=O)O)ccc1O. The van der Waals surface area contributed by atoms with Crippen LogP contribution in [0.15, 0.2) is 18.2 Å². The molecule has 1 unspecified atom stereocenters. The second kappa shape index (κ2) is 6.75. The lowest BCUT2D eigenvalue weighted by Crippen LogP contribution is -2.15. The number of nitrogens with one attached hydrogen (secondary N) is 1. The lowest BCUT2D eigenvalue weighted by Gasteiger charge is -2.10. The number of carbonyl (C=O) groups is 2. The summed E-state index contributed by atoms with van der Waals surface area (Å²) in [5, 5.41) is 20.9. The molecule has 1 aromatic rings. The molecular formula is C13H17NO5. The highest BCUT2D eigenvalue weighted by Gasteiger charge is 2.11. The second-order valence-corrected chi connectivity index (χ2v) is 4.17. The molecule has 1 amide bonds. The number of carboxylic acid groups (broad SMARTS) is 1. The molecule has 1 atom stereocenters. The third kappa shape index (κ3) is 4.59. The minimum Gasteiger partial charge on any atom is -0.506 e. The minimum absolute atomic E-state index is 0.00152. The normalized spacial score (nSPS) is 11.9. The highest BCUT2D eigenvalue weighted by Crippen LogP contribution is 2.24. The Morgan fingerprint density at radius 3 is 2.68 bits per heavy atom. The Morgan fingerprint density at radius 2 is 2.11 bits per heavy atom. The number of rotatable bonds is 6. The monoisotopic (exact) mass is 267 g/mol. The van der Waals surface area contributed by atoms with Crippen LogP contribution in [-0.4, -0.2) is 35.3 Å². The molecule has 104 valence electrons. The molecule has 0 heterocycles. The van der Waals surface area contributed by atoms with E-state index < -0.39 is 5.97 Å². The summed E-state index contributed by atoms with van der Waals surface area (Å²) in [4.78, 5) is 22.4. The lowest BCUT2D eigenvalue weighted by molar-refractivity contribution is -0.116. The van der Waals surface area contributed by atoms with Gasteiger partial charge in [0.1, 0.15) is 5.75 Å². The Hall–Kier alpha value is -2.08. The van der Waals surface area contributed by atoms with Gasteiger partial charge in [-0.05, 0) is 31.5 Å². The zero-order valence-electron chi connectivity index (χ0n) is 10.8. The smallest absolute Gasteiger partial charge is 0.335 e. The van der Waals surface area contributed by atoms with Crippen LogP contribution in [0.3, 0.4) is 0 Å². The largest absolute Gasteiger partial charge is 0.506 e. The predicted molar refractivity (Wildman–Crippen MR) is 69.4 cm³/mol. The average Bonchev–Trinajstić information content (AvgIpc) is 2.38. The molecule has 0 aromatic heterocycles. The molecule has 19 heavy (non-hydrogen) atoms. The van der Waals surface area contributed by atoms with Crippen molar-refractivity contribution < 1.29 is 24.5 Å². The Bertz CT molecular complexity index is 472. The first-order valence-corrected chi connectivity index (χ1v) is 5.83. The zero-order valence-corrected chi connectivity index (χ0v) is 10.8. The van der Waals surface area contributed by atoms with E-state index in [1.165, 1.54) is 18.2 Å². The number of anilines is 1. The van der Waals surface area contributed by atoms with Crippen LogP contribution in [0, 0.1) is 0 Å². The van der Waals surface area contributed by atoms with Crippen molar-refractivity contribution in [3.63, 3.8) is 0 Å². The summed E-state index contributed by atoms with van der Waals surface area (Å²) in [5.41, 5.74) is 0.0910. The summed E-state index contributed by atoms with van der Waals surface area (Å²) in [7, 11) is 1.56. The van der Waals surface area contributed by atoms with Gasteiger partial charge in [-0.3, -0.25) is 4.79 Å². The number of benzene rings is 1. The van der Waals surface area contributed by atoms with Crippen LogP contribution in [-0.2, 0) is 9.53 Å². The molecule has 6 heteroatoms. The van der Waals surface area contributed by atoms with Crippen molar-refractivity contribution in [3.8, 4) is 5.75 Å². The van der Waals surface area contributed by atoms with Crippen LogP contribution >= 0.6 is 0 Å². The number of carbonyl (C=O) groups excluding carboxylic acids is 1. The fraction of sp³-hybridized carbons (Fsp3) is 0.385. The fourth-order valence-corrected chi connectivity index (χ4v) is 1.43. The molecule has 0 aliphatic rings. The first-order valence-electron chi connectivity index (χ1n) is 5.83. The van der Waals surface area contributed by atoms with Crippen molar-refractivity contribution in [1.82, 2.24) is 0 Å². The molecule has 0 radical (unpaired) electrons. The fourth-order valence-electron chi connectivity index (χ4n) is 1.43. The summed E-state index contributed by atoms with van der Waals surface area (Å²) in [6, 6.07) is 3.71. The molecule has 1 aromatic carbocycles. The average molecular weight is 267 g/mol. The quantitative estimate of drug-likeness (QED) is 0.683. The highest BCUT2D eigenvalue weighted by molar-refractivity contribution is 5.95. The maximum Gasteiger partial charge on any atom is 0.335 e. The molecule has 0 aliphatic heterocycles. The standard InChI is InChI=1S/C13H17NO5/c1-8(19-2)3-6-12(16)14-10-7-9(13(17)18)4-5-11(10)15/h4-5,7-8,15H,3,6H2,1-2H3,(H,14,16)(H,17,18). The number of amides is 1. The third-order valence-corrected chi connectivity index (χ3v) is 2.70. The van der Waals surface area contributed by atoms with Gasteiger partial charge in [0.2, 0.25) is 5.91 Å². The van der Waals surface area contributed by atoms with Crippen LogP contribution in [0.2, 0.25) is 0 Å². The summed E-state index contributed by atoms with van der Waals surface area (Å²) < 4.78 is 5.02. The van der Waals surface area contributed by atoms with E-state index in [1.807, 2.05) is 6.92 Å².